The van der Waals surface area contributed by atoms with Gasteiger partial charge in [-0.2, -0.15) is 0 Å². The standard InChI is InChI=1S/C14H12BrClFN3S/c1-7(16)14-19-11-3-9(15)10(17)4-12(11)20(14)5-13-8(2)18-6-21-13/h3-4,6-7H,5H2,1-2H3. The zero-order chi connectivity index (χ0) is 15.1. The first-order valence-electron chi connectivity index (χ1n) is 6.35. The number of aryl methyl sites for hydroxylation is 1. The summed E-state index contributed by atoms with van der Waals surface area (Å²) in [7, 11) is 0. The second-order valence-corrected chi connectivity index (χ2v) is 7.24. The Bertz CT molecular complexity index is 812. The zero-order valence-corrected chi connectivity index (χ0v) is 14.6. The molecule has 0 N–H and O–H groups in total. The first-order chi connectivity index (χ1) is 9.97. The Kier molecular flexibility index (Phi) is 4.03. The summed E-state index contributed by atoms with van der Waals surface area (Å²) in [5.41, 5.74) is 4.26. The van der Waals surface area contributed by atoms with E-state index < -0.39 is 0 Å². The molecule has 7 heteroatoms. The quantitative estimate of drug-likeness (QED) is 0.588. The number of nitrogens with zero attached hydrogens (tertiary/aromatic N) is 3. The number of aromatic nitrogens is 3. The minimum absolute atomic E-state index is 0.257. The Balaban J connectivity index is 2.20. The lowest BCUT2D eigenvalue weighted by Gasteiger charge is -2.10. The summed E-state index contributed by atoms with van der Waals surface area (Å²) in [6, 6.07) is 3.18. The molecule has 0 aliphatic heterocycles. The van der Waals surface area contributed by atoms with Gasteiger partial charge in [-0.3, -0.25) is 0 Å². The third kappa shape index (κ3) is 2.72. The second-order valence-electron chi connectivity index (χ2n) is 4.79. The van der Waals surface area contributed by atoms with Crippen molar-refractivity contribution < 1.29 is 4.39 Å². The molecule has 0 amide bonds. The van der Waals surface area contributed by atoms with Crippen LogP contribution in [-0.2, 0) is 6.54 Å². The highest BCUT2D eigenvalue weighted by Gasteiger charge is 2.18. The van der Waals surface area contributed by atoms with Gasteiger partial charge in [0.25, 0.3) is 0 Å². The highest BCUT2D eigenvalue weighted by Crippen LogP contribution is 2.30. The fraction of sp³-hybridized carbons (Fsp3) is 0.286. The molecule has 3 nitrogen and oxygen atoms in total. The largest absolute Gasteiger partial charge is 0.321 e. The summed E-state index contributed by atoms with van der Waals surface area (Å²) in [6.45, 7) is 4.43. The van der Waals surface area contributed by atoms with Crippen molar-refractivity contribution in [2.75, 3.05) is 0 Å². The van der Waals surface area contributed by atoms with Gasteiger partial charge >= 0.3 is 0 Å². The zero-order valence-electron chi connectivity index (χ0n) is 11.4. The molecule has 3 rings (SSSR count). The Morgan fingerprint density at radius 1 is 1.48 bits per heavy atom. The third-order valence-electron chi connectivity index (χ3n) is 3.32. The predicted molar refractivity (Wildman–Crippen MR) is 87.6 cm³/mol. The molecule has 3 aromatic rings. The van der Waals surface area contributed by atoms with E-state index in [-0.39, 0.29) is 11.2 Å². The maximum Gasteiger partial charge on any atom is 0.139 e. The molecule has 21 heavy (non-hydrogen) atoms. The van der Waals surface area contributed by atoms with Gasteiger partial charge in [0.15, 0.2) is 0 Å². The lowest BCUT2D eigenvalue weighted by atomic mass is 10.3. The van der Waals surface area contributed by atoms with Crippen LogP contribution in [0.2, 0.25) is 0 Å². The van der Waals surface area contributed by atoms with Crippen LogP contribution < -0.4 is 0 Å². The molecule has 0 saturated heterocycles. The van der Waals surface area contributed by atoms with Crippen molar-refractivity contribution in [3.8, 4) is 0 Å². The van der Waals surface area contributed by atoms with Crippen LogP contribution >= 0.6 is 38.9 Å². The van der Waals surface area contributed by atoms with E-state index >= 15 is 0 Å². The molecular formula is C14H12BrClFN3S. The number of alkyl halides is 1. The van der Waals surface area contributed by atoms with Crippen molar-refractivity contribution >= 4 is 49.9 Å². The summed E-state index contributed by atoms with van der Waals surface area (Å²) in [6.07, 6.45) is 0. The van der Waals surface area contributed by atoms with Crippen LogP contribution in [0.15, 0.2) is 22.1 Å². The number of halogens is 3. The van der Waals surface area contributed by atoms with Crippen molar-refractivity contribution in [3.63, 3.8) is 0 Å². The van der Waals surface area contributed by atoms with Crippen molar-refractivity contribution in [2.24, 2.45) is 0 Å². The second kappa shape index (κ2) is 5.66. The van der Waals surface area contributed by atoms with Crippen LogP contribution in [-0.4, -0.2) is 14.5 Å². The molecule has 0 bridgehead atoms. The number of hydrogen-bond donors (Lipinski definition) is 0. The fourth-order valence-electron chi connectivity index (χ4n) is 2.23. The lowest BCUT2D eigenvalue weighted by Crippen LogP contribution is -2.05. The first kappa shape index (κ1) is 14.9. The van der Waals surface area contributed by atoms with E-state index in [1.54, 1.807) is 17.4 Å². The van der Waals surface area contributed by atoms with Crippen LogP contribution in [0.5, 0.6) is 0 Å². The van der Waals surface area contributed by atoms with E-state index in [2.05, 4.69) is 25.9 Å². The van der Waals surface area contributed by atoms with Gasteiger partial charge in [-0.15, -0.1) is 22.9 Å². The van der Waals surface area contributed by atoms with Gasteiger partial charge in [-0.05, 0) is 35.8 Å². The summed E-state index contributed by atoms with van der Waals surface area (Å²) < 4.78 is 16.2. The lowest BCUT2D eigenvalue weighted by molar-refractivity contribution is 0.621. The molecule has 0 saturated carbocycles. The molecule has 0 fully saturated rings. The minimum Gasteiger partial charge on any atom is -0.321 e. The monoisotopic (exact) mass is 387 g/mol. The Labute approximate surface area is 138 Å². The molecule has 2 aromatic heterocycles. The summed E-state index contributed by atoms with van der Waals surface area (Å²) in [5.74, 6) is 0.426. The average Bonchev–Trinajstić information content (AvgIpc) is 2.97. The highest BCUT2D eigenvalue weighted by molar-refractivity contribution is 9.10. The minimum atomic E-state index is -0.307. The topological polar surface area (TPSA) is 30.7 Å². The average molecular weight is 389 g/mol. The van der Waals surface area contributed by atoms with Crippen molar-refractivity contribution in [2.45, 2.75) is 25.8 Å². The van der Waals surface area contributed by atoms with E-state index in [0.717, 1.165) is 27.4 Å². The molecule has 1 aromatic carbocycles. The van der Waals surface area contributed by atoms with Gasteiger partial charge in [0.1, 0.15) is 11.6 Å². The van der Waals surface area contributed by atoms with Crippen LogP contribution in [0.25, 0.3) is 11.0 Å². The van der Waals surface area contributed by atoms with Gasteiger partial charge in [0.2, 0.25) is 0 Å². The number of rotatable bonds is 3. The van der Waals surface area contributed by atoms with Gasteiger partial charge in [0.05, 0.1) is 38.6 Å². The first-order valence-corrected chi connectivity index (χ1v) is 8.46. The predicted octanol–water partition coefficient (Wildman–Crippen LogP) is 5.05. The number of thiazole rings is 1. The van der Waals surface area contributed by atoms with E-state index in [1.807, 2.05) is 23.9 Å². The van der Waals surface area contributed by atoms with E-state index in [0.29, 0.717) is 11.0 Å². The molecule has 1 atom stereocenters. The summed E-state index contributed by atoms with van der Waals surface area (Å²) >= 11 is 11.0. The Morgan fingerprint density at radius 3 is 2.86 bits per heavy atom. The number of fused-ring (bicyclic) bond motifs is 1. The van der Waals surface area contributed by atoms with Gasteiger partial charge in [-0.1, -0.05) is 0 Å². The summed E-state index contributed by atoms with van der Waals surface area (Å²) in [5, 5.41) is -0.257. The molecule has 0 spiro atoms. The van der Waals surface area contributed by atoms with E-state index in [4.69, 9.17) is 11.6 Å². The normalized spacial score (nSPS) is 13.0. The van der Waals surface area contributed by atoms with E-state index in [9.17, 15) is 4.39 Å². The molecule has 0 radical (unpaired) electrons. The molecule has 0 aliphatic rings. The van der Waals surface area contributed by atoms with Crippen molar-refractivity contribution in [1.29, 1.82) is 0 Å². The van der Waals surface area contributed by atoms with Gasteiger partial charge in [0, 0.05) is 10.9 Å². The van der Waals surface area contributed by atoms with Crippen molar-refractivity contribution in [1.82, 2.24) is 14.5 Å². The van der Waals surface area contributed by atoms with E-state index in [1.165, 1.54) is 6.07 Å². The molecule has 2 heterocycles. The van der Waals surface area contributed by atoms with Gasteiger partial charge < -0.3 is 4.57 Å². The van der Waals surface area contributed by atoms with Crippen LogP contribution in [0.1, 0.15) is 28.7 Å². The summed E-state index contributed by atoms with van der Waals surface area (Å²) in [4.78, 5) is 9.92. The van der Waals surface area contributed by atoms with Gasteiger partial charge in [-0.25, -0.2) is 14.4 Å². The maximum absolute atomic E-state index is 13.9. The molecule has 1 unspecified atom stereocenters. The Morgan fingerprint density at radius 2 is 2.24 bits per heavy atom. The van der Waals surface area contributed by atoms with Crippen LogP contribution in [0.4, 0.5) is 4.39 Å². The maximum atomic E-state index is 13.9. The smallest absolute Gasteiger partial charge is 0.139 e. The van der Waals surface area contributed by atoms with Crippen molar-refractivity contribution in [3.05, 3.63) is 44.3 Å². The third-order valence-corrected chi connectivity index (χ3v) is 5.04. The highest BCUT2D eigenvalue weighted by atomic mass is 79.9. The molecule has 0 aliphatic carbocycles. The number of hydrogen-bond acceptors (Lipinski definition) is 3. The number of benzene rings is 1. The number of imidazole rings is 1. The van der Waals surface area contributed by atoms with Crippen LogP contribution in [0, 0.1) is 12.7 Å². The molecule has 110 valence electrons. The fourth-order valence-corrected chi connectivity index (χ4v) is 3.49. The SMILES string of the molecule is Cc1ncsc1Cn1c(C(C)Cl)nc2cc(Br)c(F)cc21. The molecular weight excluding hydrogens is 377 g/mol. The van der Waals surface area contributed by atoms with Crippen LogP contribution in [0.3, 0.4) is 0 Å². The Hall–Kier alpha value is -0.980.